The van der Waals surface area contributed by atoms with Crippen LogP contribution in [0.25, 0.3) is 0 Å². The highest BCUT2D eigenvalue weighted by Gasteiger charge is 2.03. The molecule has 11 heavy (non-hydrogen) atoms. The molecular weight excluding hydrogens is 151 g/mol. The lowest BCUT2D eigenvalue weighted by atomic mass is 10.3. The third kappa shape index (κ3) is 1.71. The summed E-state index contributed by atoms with van der Waals surface area (Å²) in [4.78, 5) is 14.0. The second-order valence-electron chi connectivity index (χ2n) is 1.83. The van der Waals surface area contributed by atoms with Gasteiger partial charge in [0.05, 0.1) is 11.8 Å². The van der Waals surface area contributed by atoms with Gasteiger partial charge in [-0.1, -0.05) is 0 Å². The Morgan fingerprint density at radius 1 is 1.64 bits per heavy atom. The van der Waals surface area contributed by atoms with Crippen LogP contribution in [-0.4, -0.2) is 16.1 Å². The number of hydroxylamine groups is 1. The van der Waals surface area contributed by atoms with Crippen molar-refractivity contribution in [1.82, 2.24) is 10.5 Å². The van der Waals surface area contributed by atoms with E-state index in [9.17, 15) is 9.18 Å². The zero-order valence-corrected chi connectivity index (χ0v) is 5.41. The number of nitrogens with one attached hydrogen (secondary N) is 1. The molecule has 0 saturated carbocycles. The Balaban J connectivity index is 2.96. The lowest BCUT2D eigenvalue weighted by molar-refractivity contribution is 0.0705. The van der Waals surface area contributed by atoms with Crippen LogP contribution in [0.1, 0.15) is 10.4 Å². The van der Waals surface area contributed by atoms with E-state index in [-0.39, 0.29) is 5.56 Å². The van der Waals surface area contributed by atoms with Gasteiger partial charge in [-0.05, 0) is 6.07 Å². The van der Waals surface area contributed by atoms with Gasteiger partial charge in [0, 0.05) is 6.20 Å². The number of carbonyl (C=O) groups excluding carboxylic acids is 1. The Labute approximate surface area is 61.6 Å². The van der Waals surface area contributed by atoms with Crippen molar-refractivity contribution >= 4 is 5.91 Å². The standard InChI is InChI=1S/C6H5FN2O2/c7-5-1-4(2-8-3-5)6(10)9-11/h1-3,11H,(H,9,10). The fraction of sp³-hybridized carbons (Fsp3) is 0. The molecule has 58 valence electrons. The SMILES string of the molecule is O=C(NO)c1cncc(F)c1. The van der Waals surface area contributed by atoms with Crippen LogP contribution >= 0.6 is 0 Å². The number of pyridine rings is 1. The summed E-state index contributed by atoms with van der Waals surface area (Å²) in [6.07, 6.45) is 2.11. The molecule has 5 heteroatoms. The summed E-state index contributed by atoms with van der Waals surface area (Å²) in [6, 6.07) is 0.971. The van der Waals surface area contributed by atoms with Crippen molar-refractivity contribution in [2.75, 3.05) is 0 Å². The fourth-order valence-electron chi connectivity index (χ4n) is 0.601. The van der Waals surface area contributed by atoms with Crippen molar-refractivity contribution < 1.29 is 14.4 Å². The molecule has 4 nitrogen and oxygen atoms in total. The molecule has 0 fully saturated rings. The first kappa shape index (κ1) is 7.62. The maximum atomic E-state index is 12.3. The van der Waals surface area contributed by atoms with E-state index in [1.807, 2.05) is 0 Å². The van der Waals surface area contributed by atoms with Crippen LogP contribution in [0.15, 0.2) is 18.5 Å². The summed E-state index contributed by atoms with van der Waals surface area (Å²) in [5.41, 5.74) is 1.34. The number of aromatic nitrogens is 1. The monoisotopic (exact) mass is 156 g/mol. The normalized spacial score (nSPS) is 9.27. The van der Waals surface area contributed by atoms with Gasteiger partial charge in [-0.2, -0.15) is 0 Å². The van der Waals surface area contributed by atoms with Gasteiger partial charge in [0.2, 0.25) is 0 Å². The van der Waals surface area contributed by atoms with E-state index in [4.69, 9.17) is 5.21 Å². The average molecular weight is 156 g/mol. The van der Waals surface area contributed by atoms with Gasteiger partial charge < -0.3 is 0 Å². The first-order valence-corrected chi connectivity index (χ1v) is 2.79. The van der Waals surface area contributed by atoms with Crippen molar-refractivity contribution in [2.45, 2.75) is 0 Å². The predicted molar refractivity (Wildman–Crippen MR) is 33.4 cm³/mol. The third-order valence-electron chi connectivity index (χ3n) is 1.07. The molecule has 0 aliphatic heterocycles. The van der Waals surface area contributed by atoms with E-state index in [0.717, 1.165) is 18.5 Å². The summed E-state index contributed by atoms with van der Waals surface area (Å²) >= 11 is 0. The lowest BCUT2D eigenvalue weighted by Crippen LogP contribution is -2.18. The highest BCUT2D eigenvalue weighted by atomic mass is 19.1. The van der Waals surface area contributed by atoms with E-state index < -0.39 is 11.7 Å². The molecule has 0 aliphatic rings. The molecule has 1 aromatic heterocycles. The van der Waals surface area contributed by atoms with E-state index in [0.29, 0.717) is 0 Å². The van der Waals surface area contributed by atoms with Crippen LogP contribution < -0.4 is 5.48 Å². The van der Waals surface area contributed by atoms with Crippen molar-refractivity contribution in [1.29, 1.82) is 0 Å². The molecule has 0 atom stereocenters. The van der Waals surface area contributed by atoms with Crippen molar-refractivity contribution in [3.8, 4) is 0 Å². The molecule has 0 unspecified atom stereocenters. The Kier molecular flexibility index (Phi) is 2.12. The Hall–Kier alpha value is -1.49. The minimum atomic E-state index is -0.781. The third-order valence-corrected chi connectivity index (χ3v) is 1.07. The van der Waals surface area contributed by atoms with Crippen LogP contribution in [0.5, 0.6) is 0 Å². The molecule has 0 spiro atoms. The first-order chi connectivity index (χ1) is 5.24. The first-order valence-electron chi connectivity index (χ1n) is 2.79. The number of halogens is 1. The number of nitrogens with zero attached hydrogens (tertiary/aromatic N) is 1. The second-order valence-corrected chi connectivity index (χ2v) is 1.83. The maximum absolute atomic E-state index is 12.3. The molecule has 0 aliphatic carbocycles. The molecule has 1 heterocycles. The van der Waals surface area contributed by atoms with Gasteiger partial charge in [-0.25, -0.2) is 9.87 Å². The molecular formula is C6H5FN2O2. The minimum absolute atomic E-state index is 0.0208. The second kappa shape index (κ2) is 3.07. The maximum Gasteiger partial charge on any atom is 0.276 e. The van der Waals surface area contributed by atoms with Crippen molar-refractivity contribution in [2.24, 2.45) is 0 Å². The summed E-state index contributed by atoms with van der Waals surface area (Å²) in [5.74, 6) is -1.40. The summed E-state index contributed by atoms with van der Waals surface area (Å²) < 4.78 is 12.3. The fourth-order valence-corrected chi connectivity index (χ4v) is 0.601. The number of hydrogen-bond acceptors (Lipinski definition) is 3. The minimum Gasteiger partial charge on any atom is -0.288 e. The van der Waals surface area contributed by atoms with Gasteiger partial charge in [0.15, 0.2) is 0 Å². The molecule has 1 amide bonds. The van der Waals surface area contributed by atoms with E-state index >= 15 is 0 Å². The van der Waals surface area contributed by atoms with Crippen LogP contribution in [0.4, 0.5) is 4.39 Å². The smallest absolute Gasteiger partial charge is 0.276 e. The molecule has 0 radical (unpaired) electrons. The van der Waals surface area contributed by atoms with Gasteiger partial charge in [0.1, 0.15) is 5.82 Å². The molecule has 2 N–H and O–H groups in total. The molecule has 0 saturated heterocycles. The van der Waals surface area contributed by atoms with Gasteiger partial charge >= 0.3 is 0 Å². The Bertz CT molecular complexity index is 277. The Morgan fingerprint density at radius 2 is 2.36 bits per heavy atom. The number of carbonyl (C=O) groups is 1. The number of hydrogen-bond donors (Lipinski definition) is 2. The van der Waals surface area contributed by atoms with E-state index in [1.54, 1.807) is 0 Å². The Morgan fingerprint density at radius 3 is 2.91 bits per heavy atom. The molecule has 1 aromatic rings. The lowest BCUT2D eigenvalue weighted by Gasteiger charge is -1.95. The van der Waals surface area contributed by atoms with Gasteiger partial charge in [-0.15, -0.1) is 0 Å². The highest BCUT2D eigenvalue weighted by molar-refractivity contribution is 5.92. The molecule has 1 rings (SSSR count). The van der Waals surface area contributed by atoms with Crippen molar-refractivity contribution in [3.05, 3.63) is 29.8 Å². The summed E-state index contributed by atoms with van der Waals surface area (Å²) in [5, 5.41) is 8.13. The van der Waals surface area contributed by atoms with Crippen LogP contribution in [0, 0.1) is 5.82 Å². The van der Waals surface area contributed by atoms with Gasteiger partial charge in [0.25, 0.3) is 5.91 Å². The number of amides is 1. The zero-order chi connectivity index (χ0) is 8.27. The topological polar surface area (TPSA) is 62.2 Å². The molecule has 0 aromatic carbocycles. The van der Waals surface area contributed by atoms with Gasteiger partial charge in [-0.3, -0.25) is 15.0 Å². The van der Waals surface area contributed by atoms with Crippen LogP contribution in [-0.2, 0) is 0 Å². The number of rotatable bonds is 1. The zero-order valence-electron chi connectivity index (χ0n) is 5.41. The van der Waals surface area contributed by atoms with Crippen molar-refractivity contribution in [3.63, 3.8) is 0 Å². The van der Waals surface area contributed by atoms with Crippen LogP contribution in [0.2, 0.25) is 0 Å². The van der Waals surface area contributed by atoms with Crippen LogP contribution in [0.3, 0.4) is 0 Å². The molecule has 0 bridgehead atoms. The van der Waals surface area contributed by atoms with E-state index in [1.165, 1.54) is 5.48 Å². The summed E-state index contributed by atoms with van der Waals surface area (Å²) in [7, 11) is 0. The summed E-state index contributed by atoms with van der Waals surface area (Å²) in [6.45, 7) is 0. The quantitative estimate of drug-likeness (QED) is 0.455. The average Bonchev–Trinajstić information content (AvgIpc) is 2.03. The highest BCUT2D eigenvalue weighted by Crippen LogP contribution is 1.99. The predicted octanol–water partition coefficient (Wildman–Crippen LogP) is 0.340. The van der Waals surface area contributed by atoms with E-state index in [2.05, 4.69) is 4.98 Å². The largest absolute Gasteiger partial charge is 0.288 e.